The van der Waals surface area contributed by atoms with Crippen LogP contribution < -0.4 is 24.5 Å². The molecule has 1 aliphatic heterocycles. The van der Waals surface area contributed by atoms with Crippen LogP contribution in [0.15, 0.2) is 63.5 Å². The number of hydrogen-bond donors (Lipinski definition) is 0. The van der Waals surface area contributed by atoms with E-state index in [0.717, 1.165) is 5.69 Å². The maximum atomic E-state index is 14.2. The van der Waals surface area contributed by atoms with Gasteiger partial charge in [-0.15, -0.1) is 0 Å². The quantitative estimate of drug-likeness (QED) is 0.267. The molecule has 1 amide bonds. The number of methoxy groups -OCH3 is 1. The van der Waals surface area contributed by atoms with E-state index >= 15 is 0 Å². The Kier molecular flexibility index (Phi) is 9.07. The number of amides is 1. The summed E-state index contributed by atoms with van der Waals surface area (Å²) < 4.78 is 7.58. The molecule has 10 nitrogen and oxygen atoms in total. The molecule has 0 bridgehead atoms. The van der Waals surface area contributed by atoms with E-state index in [9.17, 15) is 19.7 Å². The number of carbonyl (C=O) groups excluding carboxylic acids is 1. The van der Waals surface area contributed by atoms with Gasteiger partial charge in [0.05, 0.1) is 27.8 Å². The third-order valence-electron chi connectivity index (χ3n) is 7.35. The first-order chi connectivity index (χ1) is 19.7. The first-order valence-corrected chi connectivity index (χ1v) is 14.5. The summed E-state index contributed by atoms with van der Waals surface area (Å²) >= 11 is 1.20. The summed E-state index contributed by atoms with van der Waals surface area (Å²) in [7, 11) is 1.56. The number of fused-ring (bicyclic) bond motifs is 1. The summed E-state index contributed by atoms with van der Waals surface area (Å²) in [5, 5.41) is 11.6. The van der Waals surface area contributed by atoms with Crippen molar-refractivity contribution in [2.75, 3.05) is 38.2 Å². The minimum Gasteiger partial charge on any atom is -0.496 e. The minimum absolute atomic E-state index is 0.0604. The SMILES string of the molecule is CCN(CC)C(=O)C1=C(C)N=c2s/c(=C\c3cc([N+](=O)[O-])ccc3N(CC)CC)c(=O)n2[C@@H]1c1ccccc1OC. The lowest BCUT2D eigenvalue weighted by molar-refractivity contribution is -0.384. The van der Waals surface area contributed by atoms with E-state index in [-0.39, 0.29) is 17.2 Å². The number of aromatic nitrogens is 1. The van der Waals surface area contributed by atoms with Gasteiger partial charge in [-0.25, -0.2) is 4.99 Å². The third kappa shape index (κ3) is 5.54. The second-order valence-electron chi connectivity index (χ2n) is 9.47. The Bertz CT molecular complexity index is 1680. The number of benzene rings is 2. The molecule has 0 saturated heterocycles. The molecule has 0 N–H and O–H groups in total. The lowest BCUT2D eigenvalue weighted by Gasteiger charge is -2.29. The second-order valence-corrected chi connectivity index (χ2v) is 10.5. The van der Waals surface area contributed by atoms with Crippen molar-refractivity contribution in [1.82, 2.24) is 9.47 Å². The number of rotatable bonds is 10. The maximum Gasteiger partial charge on any atom is 0.271 e. The van der Waals surface area contributed by atoms with E-state index in [0.29, 0.717) is 63.7 Å². The van der Waals surface area contributed by atoms with Crippen LogP contribution in [0.2, 0.25) is 0 Å². The molecule has 1 aromatic heterocycles. The van der Waals surface area contributed by atoms with Crippen molar-refractivity contribution in [3.63, 3.8) is 0 Å². The predicted octanol–water partition coefficient (Wildman–Crippen LogP) is 3.87. The summed E-state index contributed by atoms with van der Waals surface area (Å²) in [5.74, 6) is 0.359. The molecule has 0 fully saturated rings. The monoisotopic (exact) mass is 577 g/mol. The molecule has 4 rings (SSSR count). The van der Waals surface area contributed by atoms with E-state index in [1.165, 1.54) is 23.5 Å². The van der Waals surface area contributed by atoms with Crippen molar-refractivity contribution in [3.8, 4) is 5.75 Å². The van der Waals surface area contributed by atoms with Crippen molar-refractivity contribution in [2.24, 2.45) is 4.99 Å². The lowest BCUT2D eigenvalue weighted by Crippen LogP contribution is -2.43. The Labute approximate surface area is 242 Å². The van der Waals surface area contributed by atoms with Gasteiger partial charge in [-0.3, -0.25) is 24.3 Å². The molecular weight excluding hydrogens is 542 g/mol. The molecule has 41 heavy (non-hydrogen) atoms. The van der Waals surface area contributed by atoms with Crippen LogP contribution in [-0.2, 0) is 4.79 Å². The predicted molar refractivity (Wildman–Crippen MR) is 161 cm³/mol. The molecule has 11 heteroatoms. The highest BCUT2D eigenvalue weighted by atomic mass is 32.1. The van der Waals surface area contributed by atoms with Crippen molar-refractivity contribution in [3.05, 3.63) is 94.7 Å². The van der Waals surface area contributed by atoms with Crippen LogP contribution in [0, 0.1) is 10.1 Å². The summed E-state index contributed by atoms with van der Waals surface area (Å²) in [6.07, 6.45) is 1.69. The fourth-order valence-corrected chi connectivity index (χ4v) is 6.26. The third-order valence-corrected chi connectivity index (χ3v) is 8.33. The maximum absolute atomic E-state index is 14.2. The molecule has 0 spiro atoms. The van der Waals surface area contributed by atoms with Gasteiger partial charge in [0.2, 0.25) is 0 Å². The normalized spacial score (nSPS) is 14.9. The first kappa shape index (κ1) is 29.7. The van der Waals surface area contributed by atoms with Crippen LogP contribution in [0.25, 0.3) is 6.08 Å². The fourth-order valence-electron chi connectivity index (χ4n) is 5.23. The molecule has 1 aliphatic rings. The van der Waals surface area contributed by atoms with E-state index in [4.69, 9.17) is 9.73 Å². The number of hydrogen-bond acceptors (Lipinski definition) is 8. The van der Waals surface area contributed by atoms with Crippen molar-refractivity contribution >= 4 is 34.7 Å². The Morgan fingerprint density at radius 1 is 1.12 bits per heavy atom. The molecule has 216 valence electrons. The number of anilines is 1. The van der Waals surface area contributed by atoms with Gasteiger partial charge < -0.3 is 14.5 Å². The van der Waals surface area contributed by atoms with Crippen molar-refractivity contribution < 1.29 is 14.5 Å². The van der Waals surface area contributed by atoms with Gasteiger partial charge in [-0.2, -0.15) is 0 Å². The molecule has 0 unspecified atom stereocenters. The summed E-state index contributed by atoms with van der Waals surface area (Å²) in [6, 6.07) is 11.3. The van der Waals surface area contributed by atoms with Crippen LogP contribution in [0.1, 0.15) is 51.8 Å². The molecule has 2 heterocycles. The van der Waals surface area contributed by atoms with Gasteiger partial charge in [-0.1, -0.05) is 29.5 Å². The largest absolute Gasteiger partial charge is 0.496 e. The van der Waals surface area contributed by atoms with Gasteiger partial charge in [0.15, 0.2) is 4.80 Å². The molecule has 0 radical (unpaired) electrons. The summed E-state index contributed by atoms with van der Waals surface area (Å²) in [5.41, 5.74) is 2.58. The number of nitrogens with zero attached hydrogens (tertiary/aromatic N) is 5. The number of carbonyl (C=O) groups is 1. The van der Waals surface area contributed by atoms with Crippen LogP contribution in [0.3, 0.4) is 0 Å². The van der Waals surface area contributed by atoms with E-state index < -0.39 is 11.0 Å². The number of thiazole rings is 1. The first-order valence-electron chi connectivity index (χ1n) is 13.7. The summed E-state index contributed by atoms with van der Waals surface area (Å²) in [6.45, 7) is 12.0. The number of likely N-dealkylation sites (N-methyl/N-ethyl adjacent to an activating group) is 1. The topological polar surface area (TPSA) is 110 Å². The van der Waals surface area contributed by atoms with Crippen LogP contribution >= 0.6 is 11.3 Å². The smallest absolute Gasteiger partial charge is 0.271 e. The van der Waals surface area contributed by atoms with Crippen LogP contribution in [-0.4, -0.2) is 53.6 Å². The van der Waals surface area contributed by atoms with Crippen molar-refractivity contribution in [1.29, 1.82) is 0 Å². The molecule has 1 atom stereocenters. The average Bonchev–Trinajstić information content (AvgIpc) is 3.27. The highest BCUT2D eigenvalue weighted by Crippen LogP contribution is 2.36. The molecule has 0 saturated carbocycles. The number of non-ortho nitro benzene ring substituents is 1. The highest BCUT2D eigenvalue weighted by Gasteiger charge is 2.35. The number of para-hydroxylation sites is 1. The molecule has 2 aromatic carbocycles. The highest BCUT2D eigenvalue weighted by molar-refractivity contribution is 7.07. The Morgan fingerprint density at radius 2 is 1.80 bits per heavy atom. The van der Waals surface area contributed by atoms with Crippen LogP contribution in [0.4, 0.5) is 11.4 Å². The van der Waals surface area contributed by atoms with Gasteiger partial charge in [0, 0.05) is 55.1 Å². The zero-order chi connectivity index (χ0) is 29.8. The number of ether oxygens (including phenoxy) is 1. The number of nitro groups is 1. The molecule has 3 aromatic rings. The van der Waals surface area contributed by atoms with Gasteiger partial charge in [-0.05, 0) is 52.8 Å². The Morgan fingerprint density at radius 3 is 2.41 bits per heavy atom. The Hall–Kier alpha value is -4.25. The van der Waals surface area contributed by atoms with E-state index in [2.05, 4.69) is 4.90 Å². The minimum atomic E-state index is -0.759. The number of allylic oxidation sites excluding steroid dienone is 1. The molecule has 0 aliphatic carbocycles. The Balaban J connectivity index is 2.03. The van der Waals surface area contributed by atoms with E-state index in [1.807, 2.05) is 45.9 Å². The van der Waals surface area contributed by atoms with Crippen molar-refractivity contribution in [2.45, 2.75) is 40.7 Å². The zero-order valence-electron chi connectivity index (χ0n) is 24.2. The van der Waals surface area contributed by atoms with Gasteiger partial charge >= 0.3 is 0 Å². The van der Waals surface area contributed by atoms with Crippen LogP contribution in [0.5, 0.6) is 5.75 Å². The lowest BCUT2D eigenvalue weighted by atomic mass is 9.94. The van der Waals surface area contributed by atoms with Gasteiger partial charge in [0.25, 0.3) is 17.2 Å². The van der Waals surface area contributed by atoms with Gasteiger partial charge in [0.1, 0.15) is 11.8 Å². The average molecular weight is 578 g/mol. The fraction of sp³-hybridized carbons (Fsp3) is 0.367. The molecular formula is C30H35N5O5S. The summed E-state index contributed by atoms with van der Waals surface area (Å²) in [4.78, 5) is 48.1. The van der Waals surface area contributed by atoms with E-state index in [1.54, 1.807) is 41.7 Å². The number of nitro benzene ring substituents is 1. The second kappa shape index (κ2) is 12.5. The standard InChI is InChI=1S/C30H35N5O5S/c1-7-32(8-2)23-16-15-21(35(38)39)17-20(23)18-25-28(36)34-27(22-13-11-12-14-24(22)40-6)26(19(5)31-30(34)41-25)29(37)33(9-3)10-4/h11-18,27H,7-10H2,1-6H3/b25-18-/t27-/m1/s1. The zero-order valence-corrected chi connectivity index (χ0v) is 25.0.